The minimum Gasteiger partial charge on any atom is -0.458 e. The lowest BCUT2D eigenvalue weighted by Gasteiger charge is -2.08. The number of furan rings is 1. The van der Waals surface area contributed by atoms with E-state index in [1.54, 1.807) is 0 Å². The molecule has 5 heteroatoms. The number of hydrogen-bond acceptors (Lipinski definition) is 2. The molecule has 2 aromatic heterocycles. The van der Waals surface area contributed by atoms with Gasteiger partial charge in [0, 0.05) is 16.6 Å². The SMILES string of the molecule is Cc1ccc(-c2nc3cc(Cl)ccc3n2Cc2ccc(Cl)cc2)o1. The zero-order chi connectivity index (χ0) is 16.7. The van der Waals surface area contributed by atoms with E-state index in [1.807, 2.05) is 61.5 Å². The summed E-state index contributed by atoms with van der Waals surface area (Å²) in [4.78, 5) is 4.73. The molecule has 4 aromatic rings. The van der Waals surface area contributed by atoms with E-state index in [9.17, 15) is 0 Å². The second-order valence-corrected chi connectivity index (χ2v) is 6.56. The van der Waals surface area contributed by atoms with Gasteiger partial charge in [-0.3, -0.25) is 0 Å². The molecule has 2 aromatic carbocycles. The van der Waals surface area contributed by atoms with Gasteiger partial charge >= 0.3 is 0 Å². The highest BCUT2D eigenvalue weighted by molar-refractivity contribution is 6.31. The number of rotatable bonds is 3. The smallest absolute Gasteiger partial charge is 0.177 e. The van der Waals surface area contributed by atoms with Crippen molar-refractivity contribution < 1.29 is 4.42 Å². The molecule has 0 atom stereocenters. The summed E-state index contributed by atoms with van der Waals surface area (Å²) in [5.74, 6) is 2.39. The molecule has 120 valence electrons. The van der Waals surface area contributed by atoms with E-state index < -0.39 is 0 Å². The molecule has 3 nitrogen and oxygen atoms in total. The van der Waals surface area contributed by atoms with Crippen LogP contribution in [-0.2, 0) is 6.54 Å². The summed E-state index contributed by atoms with van der Waals surface area (Å²) in [7, 11) is 0. The maximum Gasteiger partial charge on any atom is 0.177 e. The number of halogens is 2. The standard InChI is InChI=1S/C19H14Cl2N2O/c1-12-2-9-18(24-12)19-22-16-10-15(21)7-8-17(16)23(19)11-13-3-5-14(20)6-4-13/h2-10H,11H2,1H3. The van der Waals surface area contributed by atoms with Crippen LogP contribution in [0.4, 0.5) is 0 Å². The molecule has 0 spiro atoms. The monoisotopic (exact) mass is 356 g/mol. The quantitative estimate of drug-likeness (QED) is 0.453. The third kappa shape index (κ3) is 2.81. The molecule has 2 heterocycles. The summed E-state index contributed by atoms with van der Waals surface area (Å²) < 4.78 is 7.92. The number of benzene rings is 2. The molecule has 0 unspecified atom stereocenters. The molecule has 0 aliphatic rings. The Morgan fingerprint density at radius 3 is 2.42 bits per heavy atom. The minimum absolute atomic E-state index is 0.667. The summed E-state index contributed by atoms with van der Waals surface area (Å²) in [6.07, 6.45) is 0. The average Bonchev–Trinajstić information content (AvgIpc) is 3.13. The van der Waals surface area contributed by atoms with Gasteiger partial charge in [-0.2, -0.15) is 0 Å². The first-order chi connectivity index (χ1) is 11.6. The van der Waals surface area contributed by atoms with Crippen molar-refractivity contribution in [1.29, 1.82) is 0 Å². The van der Waals surface area contributed by atoms with Gasteiger partial charge in [0.15, 0.2) is 11.6 Å². The summed E-state index contributed by atoms with van der Waals surface area (Å²) in [6.45, 7) is 2.59. The van der Waals surface area contributed by atoms with Crippen molar-refractivity contribution in [2.45, 2.75) is 13.5 Å². The van der Waals surface area contributed by atoms with Crippen molar-refractivity contribution in [2.75, 3.05) is 0 Å². The highest BCUT2D eigenvalue weighted by Crippen LogP contribution is 2.29. The van der Waals surface area contributed by atoms with E-state index in [0.29, 0.717) is 11.6 Å². The highest BCUT2D eigenvalue weighted by Gasteiger charge is 2.16. The zero-order valence-corrected chi connectivity index (χ0v) is 14.5. The third-order valence-corrected chi connectivity index (χ3v) is 4.41. The van der Waals surface area contributed by atoms with Gasteiger partial charge in [0.25, 0.3) is 0 Å². The van der Waals surface area contributed by atoms with Crippen LogP contribution >= 0.6 is 23.2 Å². The van der Waals surface area contributed by atoms with E-state index >= 15 is 0 Å². The molecule has 0 N–H and O–H groups in total. The van der Waals surface area contributed by atoms with Crippen LogP contribution in [0.25, 0.3) is 22.6 Å². The van der Waals surface area contributed by atoms with Crippen LogP contribution in [0.15, 0.2) is 59.0 Å². The fourth-order valence-corrected chi connectivity index (χ4v) is 3.07. The van der Waals surface area contributed by atoms with E-state index in [0.717, 1.165) is 39.0 Å². The Morgan fingerprint density at radius 2 is 1.71 bits per heavy atom. The lowest BCUT2D eigenvalue weighted by Crippen LogP contribution is -2.01. The van der Waals surface area contributed by atoms with Crippen LogP contribution in [0.3, 0.4) is 0 Å². The van der Waals surface area contributed by atoms with Gasteiger partial charge in [-0.05, 0) is 55.0 Å². The Morgan fingerprint density at radius 1 is 0.958 bits per heavy atom. The number of imidazole rings is 1. The number of nitrogens with zero attached hydrogens (tertiary/aromatic N) is 2. The molecule has 0 saturated carbocycles. The number of hydrogen-bond donors (Lipinski definition) is 0. The number of aryl methyl sites for hydroxylation is 1. The maximum absolute atomic E-state index is 6.12. The molecule has 0 amide bonds. The summed E-state index contributed by atoms with van der Waals surface area (Å²) in [5, 5.41) is 1.39. The largest absolute Gasteiger partial charge is 0.458 e. The molecular weight excluding hydrogens is 343 g/mol. The van der Waals surface area contributed by atoms with Gasteiger partial charge in [-0.25, -0.2) is 4.98 Å². The van der Waals surface area contributed by atoms with E-state index in [1.165, 1.54) is 0 Å². The van der Waals surface area contributed by atoms with Crippen molar-refractivity contribution in [2.24, 2.45) is 0 Å². The average molecular weight is 357 g/mol. The van der Waals surface area contributed by atoms with Crippen molar-refractivity contribution >= 4 is 34.2 Å². The Kier molecular flexibility index (Phi) is 3.83. The number of aromatic nitrogens is 2. The van der Waals surface area contributed by atoms with Crippen molar-refractivity contribution in [1.82, 2.24) is 9.55 Å². The van der Waals surface area contributed by atoms with Gasteiger partial charge in [-0.15, -0.1) is 0 Å². The molecule has 0 fully saturated rings. The fourth-order valence-electron chi connectivity index (χ4n) is 2.78. The van der Waals surface area contributed by atoms with E-state index in [2.05, 4.69) is 4.57 Å². The van der Waals surface area contributed by atoms with E-state index in [-0.39, 0.29) is 0 Å². The molecule has 24 heavy (non-hydrogen) atoms. The highest BCUT2D eigenvalue weighted by atomic mass is 35.5. The molecule has 4 rings (SSSR count). The molecule has 0 bridgehead atoms. The van der Waals surface area contributed by atoms with Crippen LogP contribution in [0.2, 0.25) is 10.0 Å². The molecule has 0 radical (unpaired) electrons. The van der Waals surface area contributed by atoms with Crippen molar-refractivity contribution in [3.8, 4) is 11.6 Å². The van der Waals surface area contributed by atoms with Crippen LogP contribution in [0.1, 0.15) is 11.3 Å². The van der Waals surface area contributed by atoms with Crippen LogP contribution in [0.5, 0.6) is 0 Å². The van der Waals surface area contributed by atoms with Gasteiger partial charge in [-0.1, -0.05) is 35.3 Å². The predicted molar refractivity (Wildman–Crippen MR) is 97.7 cm³/mol. The normalized spacial score (nSPS) is 11.3. The zero-order valence-electron chi connectivity index (χ0n) is 13.0. The Bertz CT molecular complexity index is 1020. The topological polar surface area (TPSA) is 31.0 Å². The Balaban J connectivity index is 1.88. The van der Waals surface area contributed by atoms with Gasteiger partial charge in [0.1, 0.15) is 5.76 Å². The van der Waals surface area contributed by atoms with Gasteiger partial charge in [0.2, 0.25) is 0 Å². The minimum atomic E-state index is 0.667. The molecular formula is C19H14Cl2N2O. The van der Waals surface area contributed by atoms with Gasteiger partial charge < -0.3 is 8.98 Å². The van der Waals surface area contributed by atoms with Crippen LogP contribution in [-0.4, -0.2) is 9.55 Å². The molecule has 0 aliphatic carbocycles. The lowest BCUT2D eigenvalue weighted by atomic mass is 10.2. The first kappa shape index (κ1) is 15.3. The van der Waals surface area contributed by atoms with Crippen molar-refractivity contribution in [3.05, 3.63) is 76.0 Å². The molecule has 0 aliphatic heterocycles. The predicted octanol–water partition coefficient (Wildman–Crippen LogP) is 5.96. The summed E-state index contributed by atoms with van der Waals surface area (Å²) >= 11 is 12.1. The summed E-state index contributed by atoms with van der Waals surface area (Å²) in [6, 6.07) is 17.4. The fraction of sp³-hybridized carbons (Fsp3) is 0.105. The Hall–Kier alpha value is -2.23. The summed E-state index contributed by atoms with van der Waals surface area (Å²) in [5.41, 5.74) is 3.00. The first-order valence-electron chi connectivity index (χ1n) is 7.57. The molecule has 0 saturated heterocycles. The second-order valence-electron chi connectivity index (χ2n) is 5.69. The second kappa shape index (κ2) is 6.00. The first-order valence-corrected chi connectivity index (χ1v) is 8.33. The lowest BCUT2D eigenvalue weighted by molar-refractivity contribution is 0.540. The Labute approximate surface area is 149 Å². The van der Waals surface area contributed by atoms with Gasteiger partial charge in [0.05, 0.1) is 11.0 Å². The maximum atomic E-state index is 6.12. The van der Waals surface area contributed by atoms with Crippen molar-refractivity contribution in [3.63, 3.8) is 0 Å². The van der Waals surface area contributed by atoms with Crippen LogP contribution < -0.4 is 0 Å². The van der Waals surface area contributed by atoms with E-state index in [4.69, 9.17) is 32.6 Å². The number of fused-ring (bicyclic) bond motifs is 1. The third-order valence-electron chi connectivity index (χ3n) is 3.92. The van der Waals surface area contributed by atoms with Crippen LogP contribution in [0, 0.1) is 6.92 Å².